The zero-order valence-electron chi connectivity index (χ0n) is 12.7. The van der Waals surface area contributed by atoms with Crippen LogP contribution >= 0.6 is 12.2 Å². The van der Waals surface area contributed by atoms with E-state index < -0.39 is 0 Å². The molecule has 2 aromatic rings. The molecule has 6 heteroatoms. The number of hydrogen-bond donors (Lipinski definition) is 2. The number of nitrogens with one attached hydrogen (secondary N) is 2. The molecule has 0 aliphatic carbocycles. The van der Waals surface area contributed by atoms with Crippen LogP contribution in [0.25, 0.3) is 0 Å². The van der Waals surface area contributed by atoms with Crippen LogP contribution in [0.4, 0.5) is 10.1 Å². The zero-order valence-corrected chi connectivity index (χ0v) is 13.5. The average molecular weight is 318 g/mol. The maximum absolute atomic E-state index is 13.0. The van der Waals surface area contributed by atoms with Crippen molar-refractivity contribution in [1.29, 1.82) is 0 Å². The molecule has 0 aliphatic heterocycles. The molecule has 1 heterocycles. The molecule has 116 valence electrons. The first-order chi connectivity index (χ1) is 10.5. The number of anilines is 1. The van der Waals surface area contributed by atoms with Crippen molar-refractivity contribution in [3.63, 3.8) is 0 Å². The molecule has 0 amide bonds. The number of rotatable bonds is 5. The van der Waals surface area contributed by atoms with Gasteiger partial charge in [-0.15, -0.1) is 6.58 Å². The van der Waals surface area contributed by atoms with Gasteiger partial charge in [-0.2, -0.15) is 5.10 Å². The van der Waals surface area contributed by atoms with Gasteiger partial charge in [0.15, 0.2) is 5.11 Å². The van der Waals surface area contributed by atoms with Gasteiger partial charge in [0.25, 0.3) is 0 Å². The molecule has 0 fully saturated rings. The summed E-state index contributed by atoms with van der Waals surface area (Å²) in [6.45, 7) is 8.73. The van der Waals surface area contributed by atoms with Crippen molar-refractivity contribution >= 4 is 23.0 Å². The highest BCUT2D eigenvalue weighted by Gasteiger charge is 2.12. The van der Waals surface area contributed by atoms with Gasteiger partial charge >= 0.3 is 0 Å². The van der Waals surface area contributed by atoms with Gasteiger partial charge in [-0.05, 0) is 43.8 Å². The SMILES string of the molecule is C=CCNC(=S)Nc1c(C)nn(Cc2ccc(F)cc2)c1C. The van der Waals surface area contributed by atoms with Gasteiger partial charge in [-0.1, -0.05) is 18.2 Å². The number of halogens is 1. The van der Waals surface area contributed by atoms with Crippen molar-refractivity contribution in [2.45, 2.75) is 20.4 Å². The third-order valence-corrected chi connectivity index (χ3v) is 3.52. The number of nitrogens with zero attached hydrogens (tertiary/aromatic N) is 2. The molecule has 22 heavy (non-hydrogen) atoms. The van der Waals surface area contributed by atoms with Crippen LogP contribution in [0.2, 0.25) is 0 Å². The molecule has 0 unspecified atom stereocenters. The summed E-state index contributed by atoms with van der Waals surface area (Å²) in [5.74, 6) is -0.238. The van der Waals surface area contributed by atoms with Gasteiger partial charge < -0.3 is 10.6 Å². The first-order valence-electron chi connectivity index (χ1n) is 6.95. The molecule has 0 bridgehead atoms. The minimum absolute atomic E-state index is 0.238. The van der Waals surface area contributed by atoms with Crippen LogP contribution in [-0.4, -0.2) is 21.4 Å². The summed E-state index contributed by atoms with van der Waals surface area (Å²) in [7, 11) is 0. The van der Waals surface area contributed by atoms with Crippen LogP contribution in [0.3, 0.4) is 0 Å². The number of thiocarbonyl (C=S) groups is 1. The lowest BCUT2D eigenvalue weighted by atomic mass is 10.2. The van der Waals surface area contributed by atoms with Crippen molar-refractivity contribution in [1.82, 2.24) is 15.1 Å². The first-order valence-corrected chi connectivity index (χ1v) is 7.36. The summed E-state index contributed by atoms with van der Waals surface area (Å²) >= 11 is 5.23. The highest BCUT2D eigenvalue weighted by atomic mass is 32.1. The van der Waals surface area contributed by atoms with E-state index >= 15 is 0 Å². The Morgan fingerprint density at radius 2 is 2.05 bits per heavy atom. The molecule has 0 saturated heterocycles. The molecule has 0 atom stereocenters. The van der Waals surface area contributed by atoms with Gasteiger partial charge in [-0.25, -0.2) is 4.39 Å². The highest BCUT2D eigenvalue weighted by molar-refractivity contribution is 7.80. The quantitative estimate of drug-likeness (QED) is 0.656. The van der Waals surface area contributed by atoms with Crippen molar-refractivity contribution in [3.8, 4) is 0 Å². The van der Waals surface area contributed by atoms with E-state index in [-0.39, 0.29) is 5.82 Å². The molecule has 1 aromatic heterocycles. The fourth-order valence-corrected chi connectivity index (χ4v) is 2.30. The van der Waals surface area contributed by atoms with E-state index in [0.717, 1.165) is 22.6 Å². The van der Waals surface area contributed by atoms with Gasteiger partial charge in [0.2, 0.25) is 0 Å². The smallest absolute Gasteiger partial charge is 0.171 e. The van der Waals surface area contributed by atoms with Crippen LogP contribution < -0.4 is 10.6 Å². The van der Waals surface area contributed by atoms with Gasteiger partial charge in [-0.3, -0.25) is 4.68 Å². The fourth-order valence-electron chi connectivity index (χ4n) is 2.12. The molecule has 4 nitrogen and oxygen atoms in total. The minimum Gasteiger partial charge on any atom is -0.359 e. The van der Waals surface area contributed by atoms with Crippen LogP contribution in [-0.2, 0) is 6.54 Å². The normalized spacial score (nSPS) is 10.3. The summed E-state index contributed by atoms with van der Waals surface area (Å²) in [6, 6.07) is 6.42. The fraction of sp³-hybridized carbons (Fsp3) is 0.250. The summed E-state index contributed by atoms with van der Waals surface area (Å²) in [5.41, 5.74) is 3.72. The van der Waals surface area contributed by atoms with Crippen molar-refractivity contribution in [2.75, 3.05) is 11.9 Å². The van der Waals surface area contributed by atoms with E-state index in [4.69, 9.17) is 12.2 Å². The maximum Gasteiger partial charge on any atom is 0.171 e. The molecule has 0 spiro atoms. The largest absolute Gasteiger partial charge is 0.359 e. The van der Waals surface area contributed by atoms with E-state index in [9.17, 15) is 4.39 Å². The number of aromatic nitrogens is 2. The summed E-state index contributed by atoms with van der Waals surface area (Å²) in [6.07, 6.45) is 1.74. The topological polar surface area (TPSA) is 41.9 Å². The number of hydrogen-bond acceptors (Lipinski definition) is 2. The summed E-state index contributed by atoms with van der Waals surface area (Å²) < 4.78 is 14.8. The Labute approximate surface area is 135 Å². The molecule has 1 aromatic carbocycles. The monoisotopic (exact) mass is 318 g/mol. The molecule has 0 radical (unpaired) electrons. The number of benzene rings is 1. The second-order valence-corrected chi connectivity index (χ2v) is 5.36. The van der Waals surface area contributed by atoms with Crippen molar-refractivity contribution in [3.05, 3.63) is 59.7 Å². The Bertz CT molecular complexity index is 676. The Balaban J connectivity index is 2.14. The third-order valence-electron chi connectivity index (χ3n) is 3.27. The Hall–Kier alpha value is -2.21. The van der Waals surface area contributed by atoms with Crippen molar-refractivity contribution in [2.24, 2.45) is 0 Å². The van der Waals surface area contributed by atoms with Crippen LogP contribution in [0.1, 0.15) is 17.0 Å². The Kier molecular flexibility index (Phi) is 5.27. The number of aryl methyl sites for hydroxylation is 1. The second kappa shape index (κ2) is 7.17. The minimum atomic E-state index is -0.238. The van der Waals surface area contributed by atoms with E-state index in [1.807, 2.05) is 18.5 Å². The first kappa shape index (κ1) is 16.2. The standard InChI is InChI=1S/C16H19FN4S/c1-4-9-18-16(22)19-15-11(2)20-21(12(15)3)10-13-5-7-14(17)8-6-13/h4-8H,1,9-10H2,2-3H3,(H2,18,19,22). The maximum atomic E-state index is 13.0. The molecule has 0 saturated carbocycles. The van der Waals surface area contributed by atoms with Gasteiger partial charge in [0.1, 0.15) is 5.82 Å². The van der Waals surface area contributed by atoms with Crippen molar-refractivity contribution < 1.29 is 4.39 Å². The molecular weight excluding hydrogens is 299 g/mol. The van der Waals surface area contributed by atoms with E-state index in [0.29, 0.717) is 18.2 Å². The molecule has 0 aliphatic rings. The van der Waals surface area contributed by atoms with Gasteiger partial charge in [0.05, 0.1) is 23.6 Å². The predicted octanol–water partition coefficient (Wildman–Crippen LogP) is 3.16. The Morgan fingerprint density at radius 3 is 2.68 bits per heavy atom. The zero-order chi connectivity index (χ0) is 16.1. The van der Waals surface area contributed by atoms with Gasteiger partial charge in [0, 0.05) is 6.54 Å². The highest BCUT2D eigenvalue weighted by Crippen LogP contribution is 2.20. The summed E-state index contributed by atoms with van der Waals surface area (Å²) in [4.78, 5) is 0. The van der Waals surface area contributed by atoms with E-state index in [1.54, 1.807) is 18.2 Å². The molecule has 2 rings (SSSR count). The third kappa shape index (κ3) is 3.92. The second-order valence-electron chi connectivity index (χ2n) is 4.95. The summed E-state index contributed by atoms with van der Waals surface area (Å²) in [5, 5.41) is 11.2. The van der Waals surface area contributed by atoms with Crippen LogP contribution in [0, 0.1) is 19.7 Å². The Morgan fingerprint density at radius 1 is 1.36 bits per heavy atom. The lowest BCUT2D eigenvalue weighted by Gasteiger charge is -2.10. The van der Waals surface area contributed by atoms with Crippen LogP contribution in [0.5, 0.6) is 0 Å². The van der Waals surface area contributed by atoms with E-state index in [2.05, 4.69) is 22.3 Å². The lowest BCUT2D eigenvalue weighted by molar-refractivity contribution is 0.622. The predicted molar refractivity (Wildman–Crippen MR) is 91.6 cm³/mol. The molecule has 2 N–H and O–H groups in total. The van der Waals surface area contributed by atoms with E-state index in [1.165, 1.54) is 12.1 Å². The average Bonchev–Trinajstić information content (AvgIpc) is 2.75. The lowest BCUT2D eigenvalue weighted by Crippen LogP contribution is -2.28. The van der Waals surface area contributed by atoms with Crippen LogP contribution in [0.15, 0.2) is 36.9 Å². The molecular formula is C16H19FN4S.